The number of nitrogens with two attached hydrogens (primary N) is 1. The lowest BCUT2D eigenvalue weighted by Crippen LogP contribution is -2.12. The second kappa shape index (κ2) is 4.71. The molecule has 18 heavy (non-hydrogen) atoms. The van der Waals surface area contributed by atoms with Gasteiger partial charge < -0.3 is 10.3 Å². The molecule has 1 heterocycles. The molecule has 1 saturated carbocycles. The molecule has 1 aromatic heterocycles. The van der Waals surface area contributed by atoms with Gasteiger partial charge in [0.15, 0.2) is 5.82 Å². The zero-order valence-corrected chi connectivity index (χ0v) is 10.6. The molecule has 0 saturated heterocycles. The van der Waals surface area contributed by atoms with E-state index in [1.165, 1.54) is 0 Å². The molecule has 1 unspecified atom stereocenters. The summed E-state index contributed by atoms with van der Waals surface area (Å²) in [5.41, 5.74) is 7.08. The Balaban J connectivity index is 1.73. The van der Waals surface area contributed by atoms with Gasteiger partial charge in [0, 0.05) is 11.4 Å². The molecule has 1 aromatic carbocycles. The van der Waals surface area contributed by atoms with Crippen molar-refractivity contribution in [1.82, 2.24) is 10.1 Å². The summed E-state index contributed by atoms with van der Waals surface area (Å²) in [7, 11) is 0. The summed E-state index contributed by atoms with van der Waals surface area (Å²) in [5, 5.41) is 4.68. The molecule has 5 heteroatoms. The predicted octanol–water partition coefficient (Wildman–Crippen LogP) is 2.72. The van der Waals surface area contributed by atoms with E-state index in [1.807, 2.05) is 24.3 Å². The Morgan fingerprint density at radius 2 is 2.28 bits per heavy atom. The number of hydrogen-bond donors (Lipinski definition) is 1. The Kier molecular flexibility index (Phi) is 3.06. The third-order valence-electron chi connectivity index (χ3n) is 3.15. The normalized spacial score (nSPS) is 16.8. The van der Waals surface area contributed by atoms with Gasteiger partial charge in [0.2, 0.25) is 5.89 Å². The second-order valence-electron chi connectivity index (χ2n) is 4.72. The van der Waals surface area contributed by atoms with Crippen LogP contribution in [0, 0.1) is 5.92 Å². The Bertz CT molecular complexity index is 551. The molecule has 1 fully saturated rings. The summed E-state index contributed by atoms with van der Waals surface area (Å²) < 4.78 is 5.21. The van der Waals surface area contributed by atoms with Crippen molar-refractivity contribution in [3.8, 4) is 0 Å². The van der Waals surface area contributed by atoms with Gasteiger partial charge in [0.1, 0.15) is 0 Å². The third kappa shape index (κ3) is 2.54. The fourth-order valence-electron chi connectivity index (χ4n) is 1.96. The summed E-state index contributed by atoms with van der Waals surface area (Å²) in [6, 6.07) is 7.54. The van der Waals surface area contributed by atoms with Crippen molar-refractivity contribution in [2.45, 2.75) is 25.3 Å². The van der Waals surface area contributed by atoms with Crippen LogP contribution in [0.1, 0.15) is 36.2 Å². The van der Waals surface area contributed by atoms with Crippen LogP contribution in [0.25, 0.3) is 0 Å². The lowest BCUT2D eigenvalue weighted by Gasteiger charge is -2.01. The molecule has 94 valence electrons. The van der Waals surface area contributed by atoms with Crippen molar-refractivity contribution in [3.05, 3.63) is 46.6 Å². The lowest BCUT2D eigenvalue weighted by atomic mass is 10.1. The molecule has 1 atom stereocenters. The van der Waals surface area contributed by atoms with Crippen LogP contribution >= 0.6 is 11.6 Å². The minimum Gasteiger partial charge on any atom is -0.338 e. The summed E-state index contributed by atoms with van der Waals surface area (Å²) in [6.45, 7) is 0. The number of nitrogens with zero attached hydrogens (tertiary/aromatic N) is 2. The molecule has 0 bridgehead atoms. The molecular formula is C13H14ClN3O. The maximum absolute atomic E-state index is 6.01. The maximum Gasteiger partial charge on any atom is 0.243 e. The Hall–Kier alpha value is -1.39. The molecule has 2 N–H and O–H groups in total. The van der Waals surface area contributed by atoms with Crippen LogP contribution in [-0.4, -0.2) is 10.1 Å². The first-order valence-corrected chi connectivity index (χ1v) is 6.42. The van der Waals surface area contributed by atoms with Gasteiger partial charge in [-0.15, -0.1) is 0 Å². The van der Waals surface area contributed by atoms with Gasteiger partial charge in [-0.1, -0.05) is 28.9 Å². The summed E-state index contributed by atoms with van der Waals surface area (Å²) in [6.07, 6.45) is 2.93. The number of hydrogen-bond acceptors (Lipinski definition) is 4. The van der Waals surface area contributed by atoms with E-state index in [0.717, 1.165) is 18.4 Å². The molecule has 1 aliphatic rings. The number of aromatic nitrogens is 2. The monoisotopic (exact) mass is 263 g/mol. The van der Waals surface area contributed by atoms with E-state index >= 15 is 0 Å². The lowest BCUT2D eigenvalue weighted by molar-refractivity contribution is 0.340. The molecule has 3 rings (SSSR count). The zero-order chi connectivity index (χ0) is 12.5. The van der Waals surface area contributed by atoms with Crippen molar-refractivity contribution >= 4 is 11.6 Å². The number of halogens is 1. The Morgan fingerprint density at radius 3 is 3.00 bits per heavy atom. The van der Waals surface area contributed by atoms with E-state index in [-0.39, 0.29) is 6.04 Å². The average molecular weight is 264 g/mol. The van der Waals surface area contributed by atoms with Crippen LogP contribution in [0.15, 0.2) is 28.8 Å². The highest BCUT2D eigenvalue weighted by Crippen LogP contribution is 2.38. The first-order chi connectivity index (χ1) is 8.72. The highest BCUT2D eigenvalue weighted by molar-refractivity contribution is 6.30. The van der Waals surface area contributed by atoms with E-state index in [9.17, 15) is 0 Å². The molecule has 0 amide bonds. The molecule has 1 aliphatic carbocycles. The van der Waals surface area contributed by atoms with Crippen LogP contribution in [-0.2, 0) is 6.42 Å². The topological polar surface area (TPSA) is 64.9 Å². The second-order valence-corrected chi connectivity index (χ2v) is 5.16. The number of benzene rings is 1. The van der Waals surface area contributed by atoms with Crippen LogP contribution in [0.4, 0.5) is 0 Å². The smallest absolute Gasteiger partial charge is 0.243 e. The van der Waals surface area contributed by atoms with Gasteiger partial charge >= 0.3 is 0 Å². The summed E-state index contributed by atoms with van der Waals surface area (Å²) in [4.78, 5) is 4.35. The van der Waals surface area contributed by atoms with Crippen LogP contribution < -0.4 is 5.73 Å². The molecule has 2 aromatic rings. The summed E-state index contributed by atoms with van der Waals surface area (Å²) >= 11 is 5.93. The summed E-state index contributed by atoms with van der Waals surface area (Å²) in [5.74, 6) is 1.72. The molecule has 0 aliphatic heterocycles. The fraction of sp³-hybridized carbons (Fsp3) is 0.385. The third-order valence-corrected chi connectivity index (χ3v) is 3.39. The van der Waals surface area contributed by atoms with Gasteiger partial charge in [-0.3, -0.25) is 0 Å². The van der Waals surface area contributed by atoms with Gasteiger partial charge in [0.25, 0.3) is 0 Å². The quantitative estimate of drug-likeness (QED) is 0.921. The van der Waals surface area contributed by atoms with Crippen LogP contribution in [0.3, 0.4) is 0 Å². The van der Waals surface area contributed by atoms with E-state index in [0.29, 0.717) is 29.1 Å². The number of rotatable bonds is 4. The largest absolute Gasteiger partial charge is 0.338 e. The fourth-order valence-corrected chi connectivity index (χ4v) is 2.17. The minimum absolute atomic E-state index is 0.106. The zero-order valence-electron chi connectivity index (χ0n) is 9.84. The first kappa shape index (κ1) is 11.7. The van der Waals surface area contributed by atoms with Crippen molar-refractivity contribution in [2.75, 3.05) is 0 Å². The maximum atomic E-state index is 6.01. The van der Waals surface area contributed by atoms with Crippen LogP contribution in [0.2, 0.25) is 5.02 Å². The molecule has 0 spiro atoms. The van der Waals surface area contributed by atoms with Gasteiger partial charge in [-0.2, -0.15) is 4.98 Å². The molecule has 4 nitrogen and oxygen atoms in total. The van der Waals surface area contributed by atoms with E-state index in [2.05, 4.69) is 10.1 Å². The minimum atomic E-state index is -0.106. The van der Waals surface area contributed by atoms with Crippen molar-refractivity contribution < 1.29 is 4.52 Å². The highest BCUT2D eigenvalue weighted by Gasteiger charge is 2.33. The SMILES string of the molecule is NC(c1nc(Cc2cccc(Cl)c2)no1)C1CC1. The predicted molar refractivity (Wildman–Crippen MR) is 68.2 cm³/mol. The van der Waals surface area contributed by atoms with Gasteiger partial charge in [-0.25, -0.2) is 0 Å². The van der Waals surface area contributed by atoms with Gasteiger partial charge in [0.05, 0.1) is 6.04 Å². The van der Waals surface area contributed by atoms with E-state index in [1.54, 1.807) is 0 Å². The molecule has 0 radical (unpaired) electrons. The van der Waals surface area contributed by atoms with Crippen molar-refractivity contribution in [1.29, 1.82) is 0 Å². The van der Waals surface area contributed by atoms with Crippen molar-refractivity contribution in [2.24, 2.45) is 11.7 Å². The average Bonchev–Trinajstić information content (AvgIpc) is 3.09. The van der Waals surface area contributed by atoms with Crippen LogP contribution in [0.5, 0.6) is 0 Å². The van der Waals surface area contributed by atoms with E-state index < -0.39 is 0 Å². The molecular weight excluding hydrogens is 250 g/mol. The highest BCUT2D eigenvalue weighted by atomic mass is 35.5. The Morgan fingerprint density at radius 1 is 1.44 bits per heavy atom. The first-order valence-electron chi connectivity index (χ1n) is 6.05. The Labute approximate surface area is 110 Å². The van der Waals surface area contributed by atoms with E-state index in [4.69, 9.17) is 21.9 Å². The standard InChI is InChI=1S/C13H14ClN3O/c14-10-3-1-2-8(6-10)7-11-16-13(18-17-11)12(15)9-4-5-9/h1-3,6,9,12H,4-5,7,15H2. The van der Waals surface area contributed by atoms with Crippen molar-refractivity contribution in [3.63, 3.8) is 0 Å². The van der Waals surface area contributed by atoms with Gasteiger partial charge in [-0.05, 0) is 36.5 Å².